The highest BCUT2D eigenvalue weighted by molar-refractivity contribution is 6.09. The van der Waals surface area contributed by atoms with E-state index in [0.29, 0.717) is 11.5 Å². The molecule has 1 N–H and O–H groups in total. The number of hydrogen-bond acceptors (Lipinski definition) is 4. The van der Waals surface area contributed by atoms with Gasteiger partial charge in [0.25, 0.3) is 6.04 Å². The number of benzene rings is 2. The van der Waals surface area contributed by atoms with E-state index >= 15 is 0 Å². The third-order valence-electron chi connectivity index (χ3n) is 4.81. The number of methoxy groups -OCH3 is 2. The largest absolute Gasteiger partial charge is 0.497 e. The molecule has 1 aromatic heterocycles. The van der Waals surface area contributed by atoms with Gasteiger partial charge in [-0.05, 0) is 30.3 Å². The summed E-state index contributed by atoms with van der Waals surface area (Å²) in [5.41, 5.74) is 3.44. The lowest BCUT2D eigenvalue weighted by atomic mass is 9.80. The topological polar surface area (TPSA) is 63.9 Å². The summed E-state index contributed by atoms with van der Waals surface area (Å²) in [6, 6.07) is 14.9. The second-order valence-electron chi connectivity index (χ2n) is 6.19. The predicted molar refractivity (Wildman–Crippen MR) is 103 cm³/mol. The van der Waals surface area contributed by atoms with Crippen LogP contribution in [-0.2, 0) is 0 Å². The number of aromatic nitrogens is 2. The van der Waals surface area contributed by atoms with E-state index < -0.39 is 6.04 Å². The Bertz CT molecular complexity index is 1030. The van der Waals surface area contributed by atoms with Gasteiger partial charge in [-0.2, -0.15) is 5.10 Å². The van der Waals surface area contributed by atoms with Gasteiger partial charge in [0.1, 0.15) is 17.2 Å². The van der Waals surface area contributed by atoms with Crippen LogP contribution in [0.3, 0.4) is 0 Å². The van der Waals surface area contributed by atoms with Crippen LogP contribution in [0.4, 0.5) is 5.82 Å². The quantitative estimate of drug-likeness (QED) is 0.718. The zero-order valence-corrected chi connectivity index (χ0v) is 15.0. The molecule has 3 aromatic rings. The number of fused-ring (bicyclic) bond motifs is 1. The molecule has 0 spiro atoms. The molecule has 2 heterocycles. The van der Waals surface area contributed by atoms with Gasteiger partial charge >= 0.3 is 0 Å². The van der Waals surface area contributed by atoms with Gasteiger partial charge in [-0.15, -0.1) is 0 Å². The Morgan fingerprint density at radius 2 is 1.78 bits per heavy atom. The highest BCUT2D eigenvalue weighted by atomic mass is 16.5. The van der Waals surface area contributed by atoms with Crippen molar-refractivity contribution in [1.82, 2.24) is 10.2 Å². The molecule has 0 saturated heterocycles. The van der Waals surface area contributed by atoms with Crippen LogP contribution in [-0.4, -0.2) is 36.2 Å². The SMILES string of the molecule is [C-]#[N+]C1C(c2ccc(OC)cc2)=Nc2[nH]ncc2C1c1ccccc1OC. The van der Waals surface area contributed by atoms with Crippen molar-refractivity contribution in [3.8, 4) is 11.5 Å². The fourth-order valence-electron chi connectivity index (χ4n) is 3.51. The van der Waals surface area contributed by atoms with Crippen molar-refractivity contribution in [2.45, 2.75) is 12.0 Å². The number of nitrogens with zero attached hydrogens (tertiary/aromatic N) is 3. The zero-order valence-electron chi connectivity index (χ0n) is 15.0. The minimum absolute atomic E-state index is 0.220. The first-order chi connectivity index (χ1) is 13.3. The van der Waals surface area contributed by atoms with Gasteiger partial charge in [0.2, 0.25) is 0 Å². The van der Waals surface area contributed by atoms with E-state index in [1.165, 1.54) is 0 Å². The van der Waals surface area contributed by atoms with Crippen LogP contribution in [0, 0.1) is 6.57 Å². The van der Waals surface area contributed by atoms with E-state index in [2.05, 4.69) is 15.0 Å². The van der Waals surface area contributed by atoms with Gasteiger partial charge in [-0.25, -0.2) is 11.6 Å². The van der Waals surface area contributed by atoms with Crippen molar-refractivity contribution in [3.63, 3.8) is 0 Å². The number of nitrogens with one attached hydrogen (secondary N) is 1. The van der Waals surface area contributed by atoms with Crippen molar-refractivity contribution >= 4 is 11.5 Å². The molecule has 0 bridgehead atoms. The first-order valence-electron chi connectivity index (χ1n) is 8.52. The number of aromatic amines is 1. The van der Waals surface area contributed by atoms with Crippen molar-refractivity contribution in [2.24, 2.45) is 4.99 Å². The van der Waals surface area contributed by atoms with Gasteiger partial charge < -0.3 is 14.3 Å². The molecule has 1 aliphatic heterocycles. The predicted octanol–water partition coefficient (Wildman–Crippen LogP) is 3.98. The van der Waals surface area contributed by atoms with E-state index in [-0.39, 0.29) is 5.92 Å². The van der Waals surface area contributed by atoms with Crippen molar-refractivity contribution in [2.75, 3.05) is 14.2 Å². The molecule has 1 aliphatic rings. The second kappa shape index (κ2) is 6.96. The number of hydrogen-bond donors (Lipinski definition) is 1. The lowest BCUT2D eigenvalue weighted by molar-refractivity contribution is 0.407. The highest BCUT2D eigenvalue weighted by Crippen LogP contribution is 2.43. The molecule has 2 unspecified atom stereocenters. The molecular formula is C21H18N4O2. The molecule has 0 aliphatic carbocycles. The van der Waals surface area contributed by atoms with E-state index in [4.69, 9.17) is 21.0 Å². The van der Waals surface area contributed by atoms with Crippen LogP contribution in [0.2, 0.25) is 0 Å². The molecule has 6 heteroatoms. The van der Waals surface area contributed by atoms with Crippen LogP contribution >= 0.6 is 0 Å². The minimum Gasteiger partial charge on any atom is -0.497 e. The lowest BCUT2D eigenvalue weighted by Crippen LogP contribution is -2.30. The van der Waals surface area contributed by atoms with E-state index in [0.717, 1.165) is 28.2 Å². The van der Waals surface area contributed by atoms with Crippen molar-refractivity contribution < 1.29 is 9.47 Å². The fourth-order valence-corrected chi connectivity index (χ4v) is 3.51. The van der Waals surface area contributed by atoms with Gasteiger partial charge in [-0.1, -0.05) is 18.2 Å². The third kappa shape index (κ3) is 2.83. The smallest absolute Gasteiger partial charge is 0.276 e. The second-order valence-corrected chi connectivity index (χ2v) is 6.19. The average molecular weight is 358 g/mol. The Balaban J connectivity index is 1.88. The van der Waals surface area contributed by atoms with E-state index in [1.807, 2.05) is 48.5 Å². The standard InChI is InChI=1S/C21H18N4O2/c1-22-20-18(15-6-4-5-7-17(15)27-3)16-12-23-25-21(16)24-19(20)13-8-10-14(26-2)11-9-13/h4-12,18,20H,2-3H3,(H,23,25). The first kappa shape index (κ1) is 16.9. The molecule has 4 rings (SSSR count). The summed E-state index contributed by atoms with van der Waals surface area (Å²) in [4.78, 5) is 8.67. The normalized spacial score (nSPS) is 18.2. The average Bonchev–Trinajstić information content (AvgIpc) is 3.20. The number of rotatable bonds is 4. The fraction of sp³-hybridized carbons (Fsp3) is 0.190. The van der Waals surface area contributed by atoms with E-state index in [9.17, 15) is 0 Å². The van der Waals surface area contributed by atoms with Crippen LogP contribution < -0.4 is 9.47 Å². The Morgan fingerprint density at radius 1 is 1.00 bits per heavy atom. The van der Waals surface area contributed by atoms with E-state index in [1.54, 1.807) is 20.4 Å². The number of H-pyrrole nitrogens is 1. The highest BCUT2D eigenvalue weighted by Gasteiger charge is 2.42. The molecule has 6 nitrogen and oxygen atoms in total. The van der Waals surface area contributed by atoms with Gasteiger partial charge in [0.05, 0.1) is 26.3 Å². The van der Waals surface area contributed by atoms with Crippen molar-refractivity contribution in [3.05, 3.63) is 82.8 Å². The molecule has 134 valence electrons. The summed E-state index contributed by atoms with van der Waals surface area (Å²) < 4.78 is 10.8. The zero-order chi connectivity index (χ0) is 18.8. The maximum atomic E-state index is 7.91. The molecule has 27 heavy (non-hydrogen) atoms. The summed E-state index contributed by atoms with van der Waals surface area (Å²) in [6.45, 7) is 7.91. The summed E-state index contributed by atoms with van der Waals surface area (Å²) in [7, 11) is 3.27. The van der Waals surface area contributed by atoms with Gasteiger partial charge in [0.15, 0.2) is 5.82 Å². The lowest BCUT2D eigenvalue weighted by Gasteiger charge is -2.25. The Morgan fingerprint density at radius 3 is 2.48 bits per heavy atom. The number of ether oxygens (including phenoxy) is 2. The third-order valence-corrected chi connectivity index (χ3v) is 4.81. The molecule has 0 radical (unpaired) electrons. The summed E-state index contributed by atoms with van der Waals surface area (Å²) in [6.07, 6.45) is 1.75. The van der Waals surface area contributed by atoms with Crippen molar-refractivity contribution in [1.29, 1.82) is 0 Å². The Labute approximate surface area is 157 Å². The Hall–Kier alpha value is -3.59. The molecular weight excluding hydrogens is 340 g/mol. The summed E-state index contributed by atoms with van der Waals surface area (Å²) in [5.74, 6) is 1.97. The molecule has 2 atom stereocenters. The van der Waals surface area contributed by atoms with Gasteiger partial charge in [0, 0.05) is 16.7 Å². The maximum Gasteiger partial charge on any atom is 0.276 e. The van der Waals surface area contributed by atoms with Crippen LogP contribution in [0.15, 0.2) is 59.7 Å². The van der Waals surface area contributed by atoms with Crippen LogP contribution in [0.5, 0.6) is 11.5 Å². The minimum atomic E-state index is -0.486. The van der Waals surface area contributed by atoms with Crippen LogP contribution in [0.25, 0.3) is 4.85 Å². The molecule has 0 amide bonds. The molecule has 2 aromatic carbocycles. The Kier molecular flexibility index (Phi) is 4.35. The van der Waals surface area contributed by atoms with Gasteiger partial charge in [-0.3, -0.25) is 5.10 Å². The summed E-state index contributed by atoms with van der Waals surface area (Å²) in [5, 5.41) is 7.12. The summed E-state index contributed by atoms with van der Waals surface area (Å²) >= 11 is 0. The first-order valence-corrected chi connectivity index (χ1v) is 8.52. The molecule has 0 saturated carbocycles. The molecule has 0 fully saturated rings. The number of para-hydroxylation sites is 1. The number of aliphatic imine (C=N–C) groups is 1. The maximum absolute atomic E-state index is 7.91. The van der Waals surface area contributed by atoms with Crippen LogP contribution in [0.1, 0.15) is 22.6 Å². The monoisotopic (exact) mass is 358 g/mol.